The molecule has 2 fully saturated rings. The Bertz CT molecular complexity index is 528. The van der Waals surface area contributed by atoms with E-state index in [0.29, 0.717) is 38.7 Å². The minimum atomic E-state index is -0.804. The molecule has 6 heteroatoms. The van der Waals surface area contributed by atoms with Gasteiger partial charge in [-0.3, -0.25) is 4.79 Å². The van der Waals surface area contributed by atoms with Gasteiger partial charge in [-0.15, -0.1) is 12.4 Å². The number of amides is 1. The molecule has 1 amide bonds. The highest BCUT2D eigenvalue weighted by Gasteiger charge is 2.35. The third-order valence-electron chi connectivity index (χ3n) is 4.60. The number of carbonyl (C=O) groups is 1. The fourth-order valence-electron chi connectivity index (χ4n) is 2.75. The molecule has 0 aromatic heterocycles. The van der Waals surface area contributed by atoms with Gasteiger partial charge in [-0.05, 0) is 38.2 Å². The highest BCUT2D eigenvalue weighted by molar-refractivity contribution is 5.86. The molecule has 3 rings (SSSR count). The normalized spacial score (nSPS) is 20.0. The van der Waals surface area contributed by atoms with E-state index in [4.69, 9.17) is 15.2 Å². The summed E-state index contributed by atoms with van der Waals surface area (Å²) < 4.78 is 11.3. The quantitative estimate of drug-likeness (QED) is 0.861. The Hall–Kier alpha value is -1.30. The van der Waals surface area contributed by atoms with Gasteiger partial charge in [0, 0.05) is 25.3 Å². The lowest BCUT2D eigenvalue weighted by molar-refractivity contribution is -0.129. The lowest BCUT2D eigenvalue weighted by Crippen LogP contribution is -2.56. The lowest BCUT2D eigenvalue weighted by Gasteiger charge is -2.32. The van der Waals surface area contributed by atoms with Crippen molar-refractivity contribution in [2.24, 2.45) is 5.73 Å². The molecular weight excluding hydrogens is 316 g/mol. The molecule has 3 N–H and O–H groups in total. The Morgan fingerprint density at radius 1 is 1.30 bits per heavy atom. The van der Waals surface area contributed by atoms with Crippen LogP contribution in [0.2, 0.25) is 0 Å². The highest BCUT2D eigenvalue weighted by atomic mass is 35.5. The molecule has 1 aliphatic heterocycles. The molecule has 0 unspecified atom stereocenters. The summed E-state index contributed by atoms with van der Waals surface area (Å²) >= 11 is 0. The summed E-state index contributed by atoms with van der Waals surface area (Å²) in [6.07, 6.45) is 4.94. The van der Waals surface area contributed by atoms with Gasteiger partial charge in [0.25, 0.3) is 0 Å². The number of ether oxygens (including phenoxy) is 2. The topological polar surface area (TPSA) is 73.6 Å². The van der Waals surface area contributed by atoms with Crippen LogP contribution >= 0.6 is 12.4 Å². The van der Waals surface area contributed by atoms with Crippen LogP contribution in [-0.2, 0) is 16.1 Å². The van der Waals surface area contributed by atoms with Crippen LogP contribution in [0.1, 0.15) is 37.7 Å². The molecule has 1 aliphatic carbocycles. The van der Waals surface area contributed by atoms with Gasteiger partial charge < -0.3 is 20.5 Å². The molecule has 23 heavy (non-hydrogen) atoms. The maximum Gasteiger partial charge on any atom is 0.240 e. The van der Waals surface area contributed by atoms with Crippen molar-refractivity contribution in [3.8, 4) is 5.75 Å². The number of rotatable bonds is 5. The third-order valence-corrected chi connectivity index (χ3v) is 4.60. The van der Waals surface area contributed by atoms with E-state index in [2.05, 4.69) is 5.32 Å². The SMILES string of the molecule is Cl.NC1(C(=O)NCc2ccccc2OC2CCC2)CCOCC1. The molecule has 0 radical (unpaired) electrons. The van der Waals surface area contributed by atoms with Crippen molar-refractivity contribution >= 4 is 18.3 Å². The average molecular weight is 341 g/mol. The molecule has 1 aromatic carbocycles. The summed E-state index contributed by atoms with van der Waals surface area (Å²) in [5.74, 6) is 0.764. The van der Waals surface area contributed by atoms with Crippen molar-refractivity contribution in [3.63, 3.8) is 0 Å². The van der Waals surface area contributed by atoms with Gasteiger partial charge in [0.05, 0.1) is 11.6 Å². The van der Waals surface area contributed by atoms with Crippen LogP contribution < -0.4 is 15.8 Å². The fourth-order valence-corrected chi connectivity index (χ4v) is 2.75. The number of halogens is 1. The Morgan fingerprint density at radius 2 is 2.00 bits per heavy atom. The maximum absolute atomic E-state index is 12.4. The second-order valence-electron chi connectivity index (χ2n) is 6.23. The zero-order valence-electron chi connectivity index (χ0n) is 13.3. The largest absolute Gasteiger partial charge is 0.490 e. The number of carbonyl (C=O) groups excluding carboxylic acids is 1. The van der Waals surface area contributed by atoms with E-state index in [1.165, 1.54) is 6.42 Å². The van der Waals surface area contributed by atoms with Crippen LogP contribution in [0.15, 0.2) is 24.3 Å². The summed E-state index contributed by atoms with van der Waals surface area (Å²) in [7, 11) is 0. The molecule has 1 saturated carbocycles. The summed E-state index contributed by atoms with van der Waals surface area (Å²) in [5.41, 5.74) is 6.39. The first-order valence-corrected chi connectivity index (χ1v) is 8.07. The van der Waals surface area contributed by atoms with Gasteiger partial charge in [0.1, 0.15) is 5.75 Å². The molecule has 1 heterocycles. The Kier molecular flexibility index (Phi) is 6.27. The smallest absolute Gasteiger partial charge is 0.240 e. The molecule has 0 atom stereocenters. The van der Waals surface area contributed by atoms with Crippen molar-refractivity contribution in [1.29, 1.82) is 0 Å². The van der Waals surface area contributed by atoms with Crippen molar-refractivity contribution < 1.29 is 14.3 Å². The fraction of sp³-hybridized carbons (Fsp3) is 0.588. The Labute approximate surface area is 143 Å². The number of benzene rings is 1. The molecule has 0 bridgehead atoms. The molecule has 128 valence electrons. The van der Waals surface area contributed by atoms with E-state index >= 15 is 0 Å². The van der Waals surface area contributed by atoms with Gasteiger partial charge in [-0.1, -0.05) is 18.2 Å². The zero-order chi connectivity index (χ0) is 15.4. The van der Waals surface area contributed by atoms with Gasteiger partial charge in [0.15, 0.2) is 0 Å². The molecule has 1 aromatic rings. The van der Waals surface area contributed by atoms with Gasteiger partial charge in [-0.2, -0.15) is 0 Å². The maximum atomic E-state index is 12.4. The lowest BCUT2D eigenvalue weighted by atomic mass is 9.90. The minimum Gasteiger partial charge on any atom is -0.490 e. The Balaban J connectivity index is 0.00000192. The Morgan fingerprint density at radius 3 is 2.65 bits per heavy atom. The van der Waals surface area contributed by atoms with Crippen LogP contribution in [0.5, 0.6) is 5.75 Å². The van der Waals surface area contributed by atoms with Gasteiger partial charge in [0.2, 0.25) is 5.91 Å². The monoisotopic (exact) mass is 340 g/mol. The number of nitrogens with one attached hydrogen (secondary N) is 1. The van der Waals surface area contributed by atoms with Crippen LogP contribution in [0.25, 0.3) is 0 Å². The van der Waals surface area contributed by atoms with Crippen LogP contribution in [0, 0.1) is 0 Å². The summed E-state index contributed by atoms with van der Waals surface area (Å²) in [4.78, 5) is 12.4. The van der Waals surface area contributed by atoms with Crippen LogP contribution in [0.4, 0.5) is 0 Å². The number of hydrogen-bond acceptors (Lipinski definition) is 4. The minimum absolute atomic E-state index is 0. The van der Waals surface area contributed by atoms with E-state index in [1.807, 2.05) is 24.3 Å². The van der Waals surface area contributed by atoms with Crippen molar-refractivity contribution in [1.82, 2.24) is 5.32 Å². The highest BCUT2D eigenvalue weighted by Crippen LogP contribution is 2.27. The summed E-state index contributed by atoms with van der Waals surface area (Å²) in [5, 5.41) is 2.96. The average Bonchev–Trinajstić information content (AvgIpc) is 2.50. The van der Waals surface area contributed by atoms with Crippen molar-refractivity contribution in [2.45, 2.75) is 50.3 Å². The predicted molar refractivity (Wildman–Crippen MR) is 90.8 cm³/mol. The van der Waals surface area contributed by atoms with E-state index in [0.717, 1.165) is 24.2 Å². The first-order chi connectivity index (χ1) is 10.7. The second-order valence-corrected chi connectivity index (χ2v) is 6.23. The number of nitrogens with two attached hydrogens (primary N) is 1. The molecule has 0 spiro atoms. The van der Waals surface area contributed by atoms with E-state index < -0.39 is 5.54 Å². The molecular formula is C17H25ClN2O3. The van der Waals surface area contributed by atoms with E-state index in [9.17, 15) is 4.79 Å². The molecule has 2 aliphatic rings. The van der Waals surface area contributed by atoms with Crippen LogP contribution in [-0.4, -0.2) is 30.8 Å². The first kappa shape index (κ1) is 18.0. The standard InChI is InChI=1S/C17H24N2O3.ClH/c18-17(8-10-21-11-9-17)16(20)19-12-13-4-1-2-7-15(13)22-14-5-3-6-14;/h1-2,4,7,14H,3,5-6,8-12,18H2,(H,19,20);1H. The van der Waals surface area contributed by atoms with Gasteiger partial charge >= 0.3 is 0 Å². The number of para-hydroxylation sites is 1. The summed E-state index contributed by atoms with van der Waals surface area (Å²) in [6.45, 7) is 1.54. The van der Waals surface area contributed by atoms with Crippen molar-refractivity contribution in [2.75, 3.05) is 13.2 Å². The van der Waals surface area contributed by atoms with E-state index in [1.54, 1.807) is 0 Å². The van der Waals surface area contributed by atoms with Gasteiger partial charge in [-0.25, -0.2) is 0 Å². The van der Waals surface area contributed by atoms with Crippen molar-refractivity contribution in [3.05, 3.63) is 29.8 Å². The third kappa shape index (κ3) is 4.37. The molecule has 1 saturated heterocycles. The molecule has 5 nitrogen and oxygen atoms in total. The predicted octanol–water partition coefficient (Wildman–Crippen LogP) is 2.16. The zero-order valence-corrected chi connectivity index (χ0v) is 14.1. The van der Waals surface area contributed by atoms with E-state index in [-0.39, 0.29) is 18.3 Å². The first-order valence-electron chi connectivity index (χ1n) is 8.07. The summed E-state index contributed by atoms with van der Waals surface area (Å²) in [6, 6.07) is 7.87. The van der Waals surface area contributed by atoms with Crippen LogP contribution in [0.3, 0.4) is 0 Å². The second kappa shape index (κ2) is 7.99. The number of hydrogen-bond donors (Lipinski definition) is 2.